The molecular weight excluding hydrogens is 282 g/mol. The predicted molar refractivity (Wildman–Crippen MR) is 82.8 cm³/mol. The van der Waals surface area contributed by atoms with Gasteiger partial charge in [0.25, 0.3) is 10.2 Å². The van der Waals surface area contributed by atoms with E-state index in [-0.39, 0.29) is 0 Å². The van der Waals surface area contributed by atoms with Gasteiger partial charge in [-0.15, -0.1) is 0 Å². The van der Waals surface area contributed by atoms with Crippen molar-refractivity contribution in [3.05, 3.63) is 0 Å². The molecule has 1 heterocycles. The molecule has 0 amide bonds. The van der Waals surface area contributed by atoms with Crippen molar-refractivity contribution < 1.29 is 8.42 Å². The van der Waals surface area contributed by atoms with Gasteiger partial charge in [-0.3, -0.25) is 0 Å². The smallest absolute Gasteiger partial charge is 0.279 e. The quantitative estimate of drug-likeness (QED) is 0.621. The molecule has 0 aromatic carbocycles. The maximum Gasteiger partial charge on any atom is 0.279 e. The molecule has 2 N–H and O–H groups in total. The highest BCUT2D eigenvalue weighted by Gasteiger charge is 2.28. The number of nitrogens with one attached hydrogen (secondary N) is 2. The van der Waals surface area contributed by atoms with E-state index in [1.54, 1.807) is 16.1 Å². The zero-order valence-electron chi connectivity index (χ0n) is 12.0. The van der Waals surface area contributed by atoms with E-state index in [4.69, 9.17) is 0 Å². The number of hydrogen-bond acceptors (Lipinski definition) is 4. The van der Waals surface area contributed by atoms with Crippen LogP contribution in [0.3, 0.4) is 0 Å². The topological polar surface area (TPSA) is 61.4 Å². The standard InChI is InChI=1S/C12H27N3O2S2/c1-3-13-10-12-6-4-8-15(11-12)19(16,17)14-7-5-9-18-2/h12-14H,3-11H2,1-2H3. The Morgan fingerprint density at radius 1 is 1.42 bits per heavy atom. The van der Waals surface area contributed by atoms with Gasteiger partial charge in [-0.25, -0.2) is 4.72 Å². The van der Waals surface area contributed by atoms with Crippen molar-refractivity contribution in [1.82, 2.24) is 14.3 Å². The molecule has 0 aromatic heterocycles. The van der Waals surface area contributed by atoms with Crippen LogP contribution in [0.15, 0.2) is 0 Å². The van der Waals surface area contributed by atoms with Gasteiger partial charge in [0, 0.05) is 19.6 Å². The minimum absolute atomic E-state index is 0.441. The van der Waals surface area contributed by atoms with E-state index in [2.05, 4.69) is 17.0 Å². The van der Waals surface area contributed by atoms with Gasteiger partial charge in [0.1, 0.15) is 0 Å². The largest absolute Gasteiger partial charge is 0.317 e. The first-order valence-electron chi connectivity index (χ1n) is 7.04. The minimum Gasteiger partial charge on any atom is -0.317 e. The van der Waals surface area contributed by atoms with E-state index < -0.39 is 10.2 Å². The lowest BCUT2D eigenvalue weighted by atomic mass is 10.00. The van der Waals surface area contributed by atoms with Crippen LogP contribution in [0, 0.1) is 5.92 Å². The van der Waals surface area contributed by atoms with Crippen molar-refractivity contribution in [2.24, 2.45) is 5.92 Å². The van der Waals surface area contributed by atoms with Gasteiger partial charge in [-0.1, -0.05) is 6.92 Å². The van der Waals surface area contributed by atoms with Gasteiger partial charge < -0.3 is 5.32 Å². The van der Waals surface area contributed by atoms with Crippen LogP contribution >= 0.6 is 11.8 Å². The first-order valence-corrected chi connectivity index (χ1v) is 9.88. The zero-order valence-corrected chi connectivity index (χ0v) is 13.7. The van der Waals surface area contributed by atoms with E-state index >= 15 is 0 Å². The van der Waals surface area contributed by atoms with Crippen LogP contribution in [0.25, 0.3) is 0 Å². The maximum atomic E-state index is 12.2. The summed E-state index contributed by atoms with van der Waals surface area (Å²) in [6.45, 7) is 5.76. The second-order valence-electron chi connectivity index (χ2n) is 4.92. The lowest BCUT2D eigenvalue weighted by Gasteiger charge is -2.32. The lowest BCUT2D eigenvalue weighted by Crippen LogP contribution is -2.47. The fourth-order valence-electron chi connectivity index (χ4n) is 2.27. The minimum atomic E-state index is -3.28. The van der Waals surface area contributed by atoms with Crippen molar-refractivity contribution in [1.29, 1.82) is 0 Å². The summed E-state index contributed by atoms with van der Waals surface area (Å²) >= 11 is 1.74. The monoisotopic (exact) mass is 309 g/mol. The molecule has 1 aliphatic rings. The molecule has 1 atom stereocenters. The molecule has 0 aliphatic carbocycles. The number of piperidine rings is 1. The van der Waals surface area contributed by atoms with Crippen LogP contribution in [0.1, 0.15) is 26.2 Å². The van der Waals surface area contributed by atoms with Crippen LogP contribution in [-0.4, -0.2) is 57.5 Å². The molecule has 1 aliphatic heterocycles. The van der Waals surface area contributed by atoms with Crippen molar-refractivity contribution >= 4 is 22.0 Å². The van der Waals surface area contributed by atoms with Crippen molar-refractivity contribution in [2.45, 2.75) is 26.2 Å². The number of hydrogen-bond donors (Lipinski definition) is 2. The Labute approximate surface area is 122 Å². The lowest BCUT2D eigenvalue weighted by molar-refractivity contribution is 0.259. The second kappa shape index (κ2) is 9.18. The molecule has 7 heteroatoms. The predicted octanol–water partition coefficient (Wildman–Crippen LogP) is 0.895. The van der Waals surface area contributed by atoms with Crippen molar-refractivity contribution in [2.75, 3.05) is 44.7 Å². The van der Waals surface area contributed by atoms with Crippen LogP contribution < -0.4 is 10.0 Å². The Kier molecular flexibility index (Phi) is 8.32. The van der Waals surface area contributed by atoms with Gasteiger partial charge in [0.05, 0.1) is 0 Å². The second-order valence-corrected chi connectivity index (χ2v) is 7.66. The van der Waals surface area contributed by atoms with Gasteiger partial charge in [-0.2, -0.15) is 24.5 Å². The molecule has 0 spiro atoms. The number of rotatable bonds is 9. The maximum absolute atomic E-state index is 12.2. The fraction of sp³-hybridized carbons (Fsp3) is 1.00. The molecule has 1 unspecified atom stereocenters. The number of nitrogens with zero attached hydrogens (tertiary/aromatic N) is 1. The third-order valence-corrected chi connectivity index (χ3v) is 5.59. The Balaban J connectivity index is 2.39. The summed E-state index contributed by atoms with van der Waals surface area (Å²) in [6, 6.07) is 0. The van der Waals surface area contributed by atoms with Crippen molar-refractivity contribution in [3.8, 4) is 0 Å². The molecule has 114 valence electrons. The van der Waals surface area contributed by atoms with Gasteiger partial charge in [0.15, 0.2) is 0 Å². The Morgan fingerprint density at radius 3 is 2.89 bits per heavy atom. The third-order valence-electron chi connectivity index (χ3n) is 3.31. The van der Waals surface area contributed by atoms with Crippen LogP contribution in [0.5, 0.6) is 0 Å². The van der Waals surface area contributed by atoms with Crippen molar-refractivity contribution in [3.63, 3.8) is 0 Å². The van der Waals surface area contributed by atoms with Gasteiger partial charge in [-0.05, 0) is 50.3 Å². The van der Waals surface area contributed by atoms with Gasteiger partial charge >= 0.3 is 0 Å². The summed E-state index contributed by atoms with van der Waals surface area (Å²) in [7, 11) is -3.28. The highest BCUT2D eigenvalue weighted by molar-refractivity contribution is 7.98. The van der Waals surface area contributed by atoms with Crippen LogP contribution in [0.4, 0.5) is 0 Å². The third kappa shape index (κ3) is 6.44. The Bertz CT molecular complexity index is 336. The summed E-state index contributed by atoms with van der Waals surface area (Å²) in [5, 5.41) is 3.31. The van der Waals surface area contributed by atoms with Crippen LogP contribution in [0.2, 0.25) is 0 Å². The highest BCUT2D eigenvalue weighted by atomic mass is 32.2. The first-order chi connectivity index (χ1) is 9.10. The van der Waals surface area contributed by atoms with Gasteiger partial charge in [0.2, 0.25) is 0 Å². The molecule has 1 saturated heterocycles. The van der Waals surface area contributed by atoms with E-state index in [0.29, 0.717) is 25.6 Å². The number of thioether (sulfide) groups is 1. The zero-order chi connectivity index (χ0) is 14.1. The SMILES string of the molecule is CCNCC1CCCN(S(=O)(=O)NCCCSC)C1. The molecule has 0 bridgehead atoms. The summed E-state index contributed by atoms with van der Waals surface area (Å²) in [5.74, 6) is 1.43. The summed E-state index contributed by atoms with van der Waals surface area (Å²) in [4.78, 5) is 0. The molecule has 1 rings (SSSR count). The van der Waals surface area contributed by atoms with E-state index in [0.717, 1.165) is 38.1 Å². The summed E-state index contributed by atoms with van der Waals surface area (Å²) in [5.41, 5.74) is 0. The average Bonchev–Trinajstić information content (AvgIpc) is 2.42. The van der Waals surface area contributed by atoms with Crippen LogP contribution in [-0.2, 0) is 10.2 Å². The first kappa shape index (κ1) is 17.2. The van der Waals surface area contributed by atoms with E-state index in [1.165, 1.54) is 0 Å². The Hall–Kier alpha value is 0.180. The fourth-order valence-corrected chi connectivity index (χ4v) is 4.06. The molecule has 19 heavy (non-hydrogen) atoms. The normalized spacial score (nSPS) is 21.7. The molecule has 1 fully saturated rings. The molecular formula is C12H27N3O2S2. The molecule has 0 radical (unpaired) electrons. The molecule has 0 saturated carbocycles. The summed E-state index contributed by atoms with van der Waals surface area (Å²) < 4.78 is 28.6. The molecule has 0 aromatic rings. The van der Waals surface area contributed by atoms with E-state index in [9.17, 15) is 8.42 Å². The average molecular weight is 310 g/mol. The Morgan fingerprint density at radius 2 is 2.21 bits per heavy atom. The molecule has 5 nitrogen and oxygen atoms in total. The van der Waals surface area contributed by atoms with E-state index in [1.807, 2.05) is 6.26 Å². The highest BCUT2D eigenvalue weighted by Crippen LogP contribution is 2.17. The summed E-state index contributed by atoms with van der Waals surface area (Å²) in [6.07, 6.45) is 4.99.